The van der Waals surface area contributed by atoms with E-state index in [9.17, 15) is 14.9 Å². The SMILES string of the molecule is COc1cc([N+](=O)[O-])ccc1-c1nc(C)c(C(=O)O)o1. The van der Waals surface area contributed by atoms with Crippen LogP contribution in [0.3, 0.4) is 0 Å². The fourth-order valence-electron chi connectivity index (χ4n) is 1.68. The minimum atomic E-state index is -1.23. The molecule has 0 radical (unpaired) electrons. The monoisotopic (exact) mass is 278 g/mol. The summed E-state index contributed by atoms with van der Waals surface area (Å²) < 4.78 is 10.2. The van der Waals surface area contributed by atoms with Crippen LogP contribution in [0.4, 0.5) is 5.69 Å². The molecule has 0 bridgehead atoms. The van der Waals surface area contributed by atoms with E-state index in [0.717, 1.165) is 0 Å². The van der Waals surface area contributed by atoms with Gasteiger partial charge in [0.05, 0.1) is 29.4 Å². The molecule has 0 unspecified atom stereocenters. The van der Waals surface area contributed by atoms with Crippen LogP contribution in [-0.4, -0.2) is 28.1 Å². The fraction of sp³-hybridized carbons (Fsp3) is 0.167. The summed E-state index contributed by atoms with van der Waals surface area (Å²) >= 11 is 0. The summed E-state index contributed by atoms with van der Waals surface area (Å²) in [5.41, 5.74) is 0.411. The standard InChI is InChI=1S/C12H10N2O6/c1-6-10(12(15)16)20-11(13-6)8-4-3-7(14(17)18)5-9(8)19-2/h3-5H,1-2H3,(H,15,16). The van der Waals surface area contributed by atoms with Crippen LogP contribution in [-0.2, 0) is 0 Å². The number of aromatic carboxylic acids is 1. The average Bonchev–Trinajstić information content (AvgIpc) is 2.80. The number of aromatic nitrogens is 1. The minimum Gasteiger partial charge on any atom is -0.496 e. The molecule has 104 valence electrons. The van der Waals surface area contributed by atoms with E-state index in [1.54, 1.807) is 0 Å². The number of carbonyl (C=O) groups is 1. The molecule has 0 amide bonds. The van der Waals surface area contributed by atoms with Crippen LogP contribution in [0.5, 0.6) is 5.75 Å². The summed E-state index contributed by atoms with van der Waals surface area (Å²) in [5, 5.41) is 19.6. The lowest BCUT2D eigenvalue weighted by Crippen LogP contribution is -1.95. The zero-order valence-corrected chi connectivity index (χ0v) is 10.6. The number of hydrogen-bond acceptors (Lipinski definition) is 6. The number of non-ortho nitro benzene ring substituents is 1. The van der Waals surface area contributed by atoms with Crippen molar-refractivity contribution in [3.05, 3.63) is 39.8 Å². The molecule has 0 spiro atoms. The third-order valence-electron chi connectivity index (χ3n) is 2.62. The number of carboxylic acid groups (broad SMARTS) is 1. The van der Waals surface area contributed by atoms with E-state index < -0.39 is 10.9 Å². The maximum Gasteiger partial charge on any atom is 0.373 e. The number of aryl methyl sites for hydroxylation is 1. The van der Waals surface area contributed by atoms with Gasteiger partial charge in [-0.05, 0) is 13.0 Å². The second-order valence-electron chi connectivity index (χ2n) is 3.88. The lowest BCUT2D eigenvalue weighted by molar-refractivity contribution is -0.384. The van der Waals surface area contributed by atoms with Gasteiger partial charge >= 0.3 is 5.97 Å². The third kappa shape index (κ3) is 2.30. The molecule has 1 aromatic carbocycles. The molecule has 0 saturated carbocycles. The van der Waals surface area contributed by atoms with Crippen LogP contribution < -0.4 is 4.74 Å². The van der Waals surface area contributed by atoms with Crippen LogP contribution in [0, 0.1) is 17.0 Å². The highest BCUT2D eigenvalue weighted by Crippen LogP contribution is 2.33. The Balaban J connectivity index is 2.55. The zero-order chi connectivity index (χ0) is 14.9. The van der Waals surface area contributed by atoms with Gasteiger partial charge in [-0.15, -0.1) is 0 Å². The second kappa shape index (κ2) is 5.00. The Morgan fingerprint density at radius 2 is 2.20 bits per heavy atom. The number of rotatable bonds is 4. The van der Waals surface area contributed by atoms with Gasteiger partial charge in [0.2, 0.25) is 11.7 Å². The zero-order valence-electron chi connectivity index (χ0n) is 10.6. The summed E-state index contributed by atoms with van der Waals surface area (Å²) in [7, 11) is 1.34. The van der Waals surface area contributed by atoms with E-state index in [4.69, 9.17) is 14.3 Å². The van der Waals surface area contributed by atoms with Gasteiger partial charge < -0.3 is 14.3 Å². The lowest BCUT2D eigenvalue weighted by Gasteiger charge is -2.04. The Hall–Kier alpha value is -2.90. The average molecular weight is 278 g/mol. The molecule has 0 atom stereocenters. The summed E-state index contributed by atoms with van der Waals surface area (Å²) in [6.45, 7) is 1.49. The highest BCUT2D eigenvalue weighted by molar-refractivity contribution is 5.86. The van der Waals surface area contributed by atoms with Crippen molar-refractivity contribution in [2.75, 3.05) is 7.11 Å². The van der Waals surface area contributed by atoms with E-state index in [1.165, 1.54) is 32.2 Å². The van der Waals surface area contributed by atoms with E-state index in [2.05, 4.69) is 4.98 Å². The van der Waals surface area contributed by atoms with Crippen molar-refractivity contribution in [2.45, 2.75) is 6.92 Å². The Kier molecular flexibility index (Phi) is 3.38. The number of methoxy groups -OCH3 is 1. The molecule has 0 aliphatic heterocycles. The number of hydrogen-bond donors (Lipinski definition) is 1. The summed E-state index contributed by atoms with van der Waals surface area (Å²) in [6.07, 6.45) is 0. The normalized spacial score (nSPS) is 10.3. The molecule has 1 heterocycles. The molecule has 2 rings (SSSR count). The molecule has 1 aromatic heterocycles. The molecule has 1 N–H and O–H groups in total. The molecule has 8 nitrogen and oxygen atoms in total. The van der Waals surface area contributed by atoms with Crippen molar-refractivity contribution >= 4 is 11.7 Å². The molecule has 0 fully saturated rings. The van der Waals surface area contributed by atoms with Gasteiger partial charge in [-0.25, -0.2) is 9.78 Å². The molecule has 0 saturated heterocycles. The van der Waals surface area contributed by atoms with Crippen molar-refractivity contribution in [2.24, 2.45) is 0 Å². The van der Waals surface area contributed by atoms with Crippen LogP contribution in [0.15, 0.2) is 22.6 Å². The van der Waals surface area contributed by atoms with Crippen LogP contribution in [0.1, 0.15) is 16.2 Å². The Morgan fingerprint density at radius 1 is 1.50 bits per heavy atom. The summed E-state index contributed by atoms with van der Waals surface area (Å²) in [6, 6.07) is 3.88. The topological polar surface area (TPSA) is 116 Å². The molecule has 8 heteroatoms. The number of ether oxygens (including phenoxy) is 1. The number of carboxylic acids is 1. The van der Waals surface area contributed by atoms with Gasteiger partial charge in [-0.3, -0.25) is 10.1 Å². The van der Waals surface area contributed by atoms with Gasteiger partial charge in [0, 0.05) is 6.07 Å². The Labute approximate surface area is 112 Å². The third-order valence-corrected chi connectivity index (χ3v) is 2.62. The highest BCUT2D eigenvalue weighted by Gasteiger charge is 2.21. The van der Waals surface area contributed by atoms with E-state index in [-0.39, 0.29) is 28.8 Å². The Morgan fingerprint density at radius 3 is 2.70 bits per heavy atom. The minimum absolute atomic E-state index is 0.0339. The smallest absolute Gasteiger partial charge is 0.373 e. The number of nitrogens with zero attached hydrogens (tertiary/aromatic N) is 2. The van der Waals surface area contributed by atoms with Crippen molar-refractivity contribution in [1.82, 2.24) is 4.98 Å². The first-order valence-electron chi connectivity index (χ1n) is 5.47. The van der Waals surface area contributed by atoms with Crippen LogP contribution in [0.2, 0.25) is 0 Å². The van der Waals surface area contributed by atoms with Crippen LogP contribution in [0.25, 0.3) is 11.5 Å². The van der Waals surface area contributed by atoms with Gasteiger partial charge in [0.1, 0.15) is 5.75 Å². The second-order valence-corrected chi connectivity index (χ2v) is 3.88. The quantitative estimate of drug-likeness (QED) is 0.673. The van der Waals surface area contributed by atoms with Gasteiger partial charge in [0.25, 0.3) is 5.69 Å². The first kappa shape index (κ1) is 13.5. The van der Waals surface area contributed by atoms with Gasteiger partial charge in [0.15, 0.2) is 0 Å². The first-order chi connectivity index (χ1) is 9.43. The highest BCUT2D eigenvalue weighted by atomic mass is 16.6. The maximum absolute atomic E-state index is 10.9. The summed E-state index contributed by atoms with van der Waals surface area (Å²) in [5.74, 6) is -1.30. The first-order valence-corrected chi connectivity index (χ1v) is 5.47. The van der Waals surface area contributed by atoms with Gasteiger partial charge in [-0.1, -0.05) is 0 Å². The van der Waals surface area contributed by atoms with Crippen molar-refractivity contribution in [3.63, 3.8) is 0 Å². The molecule has 20 heavy (non-hydrogen) atoms. The van der Waals surface area contributed by atoms with Crippen LogP contribution >= 0.6 is 0 Å². The largest absolute Gasteiger partial charge is 0.496 e. The predicted molar refractivity (Wildman–Crippen MR) is 66.8 cm³/mol. The Bertz CT molecular complexity index is 691. The summed E-state index contributed by atoms with van der Waals surface area (Å²) in [4.78, 5) is 25.0. The van der Waals surface area contributed by atoms with Gasteiger partial charge in [-0.2, -0.15) is 0 Å². The molecule has 0 aliphatic rings. The molecule has 0 aliphatic carbocycles. The molecular formula is C12H10N2O6. The predicted octanol–water partition coefficient (Wildman–Crippen LogP) is 2.27. The maximum atomic E-state index is 10.9. The fourth-order valence-corrected chi connectivity index (χ4v) is 1.68. The van der Waals surface area contributed by atoms with E-state index in [0.29, 0.717) is 5.56 Å². The van der Waals surface area contributed by atoms with E-state index >= 15 is 0 Å². The molecule has 2 aromatic rings. The lowest BCUT2D eigenvalue weighted by atomic mass is 10.2. The number of nitro benzene ring substituents is 1. The number of nitro groups is 1. The van der Waals surface area contributed by atoms with Crippen molar-refractivity contribution < 1.29 is 24.0 Å². The van der Waals surface area contributed by atoms with Crippen molar-refractivity contribution in [1.29, 1.82) is 0 Å². The number of benzene rings is 1. The van der Waals surface area contributed by atoms with E-state index in [1.807, 2.05) is 0 Å². The molecular weight excluding hydrogens is 268 g/mol. The number of oxazole rings is 1. The van der Waals surface area contributed by atoms with Crippen molar-refractivity contribution in [3.8, 4) is 17.2 Å².